The average molecular weight is 459 g/mol. The molecule has 2 aromatic carbocycles. The van der Waals surface area contributed by atoms with Crippen LogP contribution >= 0.6 is 15.9 Å². The number of benzene rings is 2. The van der Waals surface area contributed by atoms with Crippen molar-refractivity contribution in [3.63, 3.8) is 0 Å². The second kappa shape index (κ2) is 9.76. The summed E-state index contributed by atoms with van der Waals surface area (Å²) >= 11 is 3.64. The van der Waals surface area contributed by atoms with Gasteiger partial charge in [-0.2, -0.15) is 0 Å². The van der Waals surface area contributed by atoms with Gasteiger partial charge in [0.05, 0.1) is 24.9 Å². The molecule has 0 N–H and O–H groups in total. The van der Waals surface area contributed by atoms with Crippen LogP contribution < -0.4 is 0 Å². The predicted octanol–water partition coefficient (Wildman–Crippen LogP) is 7.20. The van der Waals surface area contributed by atoms with Crippen molar-refractivity contribution in [1.29, 1.82) is 0 Å². The number of hydrogen-bond acceptors (Lipinski definition) is 2. The molecule has 1 aliphatic heterocycles. The van der Waals surface area contributed by atoms with Gasteiger partial charge < -0.3 is 9.47 Å². The van der Waals surface area contributed by atoms with Gasteiger partial charge in [-0.05, 0) is 66.5 Å². The number of hydrogen-bond donors (Lipinski definition) is 0. The Morgan fingerprint density at radius 3 is 2.24 bits per heavy atom. The van der Waals surface area contributed by atoms with Crippen molar-refractivity contribution < 1.29 is 9.47 Å². The highest BCUT2D eigenvalue weighted by atomic mass is 79.9. The van der Waals surface area contributed by atoms with E-state index in [0.717, 1.165) is 10.9 Å². The minimum atomic E-state index is 0.0495. The minimum absolute atomic E-state index is 0.0495. The molecule has 0 amide bonds. The van der Waals surface area contributed by atoms with Crippen LogP contribution in [0.3, 0.4) is 0 Å². The van der Waals surface area contributed by atoms with E-state index in [1.54, 1.807) is 0 Å². The Balaban J connectivity index is 1.90. The van der Waals surface area contributed by atoms with E-state index in [-0.39, 0.29) is 24.2 Å². The number of rotatable bonds is 6. The van der Waals surface area contributed by atoms with E-state index in [2.05, 4.69) is 93.9 Å². The van der Waals surface area contributed by atoms with Crippen molar-refractivity contribution >= 4 is 15.9 Å². The Labute approximate surface area is 185 Å². The molecule has 3 heteroatoms. The van der Waals surface area contributed by atoms with E-state index in [9.17, 15) is 0 Å². The van der Waals surface area contributed by atoms with Crippen LogP contribution in [-0.2, 0) is 16.1 Å². The molecule has 0 bridgehead atoms. The molecule has 2 nitrogen and oxygen atoms in total. The lowest BCUT2D eigenvalue weighted by molar-refractivity contribution is -0.197. The topological polar surface area (TPSA) is 18.5 Å². The third-order valence-electron chi connectivity index (χ3n) is 6.78. The highest BCUT2D eigenvalue weighted by molar-refractivity contribution is 9.10. The predicted molar refractivity (Wildman–Crippen MR) is 124 cm³/mol. The molecular weight excluding hydrogens is 424 g/mol. The second-order valence-corrected chi connectivity index (χ2v) is 9.68. The van der Waals surface area contributed by atoms with E-state index < -0.39 is 0 Å². The Bertz CT molecular complexity index is 781. The van der Waals surface area contributed by atoms with Crippen molar-refractivity contribution in [2.75, 3.05) is 0 Å². The maximum Gasteiger partial charge on any atom is 0.0909 e. The summed E-state index contributed by atoms with van der Waals surface area (Å²) in [7, 11) is 0. The van der Waals surface area contributed by atoms with Gasteiger partial charge in [0.1, 0.15) is 0 Å². The first-order chi connectivity index (χ1) is 13.8. The zero-order valence-electron chi connectivity index (χ0n) is 18.6. The van der Waals surface area contributed by atoms with Crippen LogP contribution in [-0.4, -0.2) is 18.3 Å². The molecule has 6 atom stereocenters. The van der Waals surface area contributed by atoms with Crippen LogP contribution in [0.4, 0.5) is 0 Å². The molecule has 2 aromatic rings. The van der Waals surface area contributed by atoms with E-state index >= 15 is 0 Å². The van der Waals surface area contributed by atoms with E-state index in [1.807, 2.05) is 6.07 Å². The van der Waals surface area contributed by atoms with E-state index in [1.165, 1.54) is 22.3 Å². The Hall–Kier alpha value is -1.16. The van der Waals surface area contributed by atoms with Gasteiger partial charge >= 0.3 is 0 Å². The Kier molecular flexibility index (Phi) is 7.58. The van der Waals surface area contributed by atoms with Crippen molar-refractivity contribution in [1.82, 2.24) is 0 Å². The molecule has 0 saturated carbocycles. The lowest BCUT2D eigenvalue weighted by Crippen LogP contribution is -2.52. The van der Waals surface area contributed by atoms with Gasteiger partial charge in [0.2, 0.25) is 0 Å². The number of aryl methyl sites for hydroxylation is 2. The number of ether oxygens (including phenoxy) is 2. The smallest absolute Gasteiger partial charge is 0.0909 e. The molecule has 1 heterocycles. The van der Waals surface area contributed by atoms with Gasteiger partial charge in [0, 0.05) is 10.4 Å². The van der Waals surface area contributed by atoms with Crippen molar-refractivity contribution in [2.24, 2.45) is 11.8 Å². The summed E-state index contributed by atoms with van der Waals surface area (Å²) in [5.74, 6) is 1.20. The zero-order chi connectivity index (χ0) is 21.1. The average Bonchev–Trinajstić information content (AvgIpc) is 2.69. The highest BCUT2D eigenvalue weighted by Gasteiger charge is 2.44. The normalized spacial score (nSPS) is 28.3. The molecule has 3 rings (SSSR count). The SMILES string of the molecule is CCC1O[C@H]([C@@H](C)c2c(C)cc(Br)cc2C)C(OCc2ccccc2)[C@@H](C)[C@@H]1C. The first-order valence-corrected chi connectivity index (χ1v) is 11.7. The summed E-state index contributed by atoms with van der Waals surface area (Å²) in [6, 6.07) is 14.9. The van der Waals surface area contributed by atoms with Crippen LogP contribution in [0.15, 0.2) is 46.9 Å². The van der Waals surface area contributed by atoms with E-state index in [4.69, 9.17) is 9.47 Å². The molecular formula is C26H35BrO2. The minimum Gasteiger partial charge on any atom is -0.371 e. The Morgan fingerprint density at radius 2 is 1.66 bits per heavy atom. The van der Waals surface area contributed by atoms with Gasteiger partial charge in [-0.25, -0.2) is 0 Å². The third-order valence-corrected chi connectivity index (χ3v) is 7.24. The van der Waals surface area contributed by atoms with Crippen molar-refractivity contribution in [3.05, 3.63) is 69.2 Å². The van der Waals surface area contributed by atoms with Gasteiger partial charge in [-0.3, -0.25) is 0 Å². The van der Waals surface area contributed by atoms with Crippen LogP contribution in [0.5, 0.6) is 0 Å². The monoisotopic (exact) mass is 458 g/mol. The quantitative estimate of drug-likeness (QED) is 0.455. The summed E-state index contributed by atoms with van der Waals surface area (Å²) in [5.41, 5.74) is 5.23. The Morgan fingerprint density at radius 1 is 1.03 bits per heavy atom. The highest BCUT2D eigenvalue weighted by Crippen LogP contribution is 2.41. The fourth-order valence-corrected chi connectivity index (χ4v) is 5.71. The molecule has 0 spiro atoms. The molecule has 0 aliphatic carbocycles. The molecule has 1 aliphatic rings. The van der Waals surface area contributed by atoms with Crippen LogP contribution in [0.25, 0.3) is 0 Å². The summed E-state index contributed by atoms with van der Waals surface area (Å²) < 4.78 is 14.4. The molecule has 2 unspecified atom stereocenters. The van der Waals surface area contributed by atoms with Crippen LogP contribution in [0.2, 0.25) is 0 Å². The largest absolute Gasteiger partial charge is 0.371 e. The van der Waals surface area contributed by atoms with Gasteiger partial charge in [0.15, 0.2) is 0 Å². The molecule has 158 valence electrons. The standard InChI is InChI=1S/C26H35BrO2/c1-7-23-18(4)19(5)25(28-15-21-11-9-8-10-12-21)26(29-23)20(6)24-16(2)13-22(27)14-17(24)3/h8-14,18-20,23,25-26H,7,15H2,1-6H3/t18-,19-,20-,23?,25?,26+/m0/s1. The molecule has 0 aromatic heterocycles. The molecule has 1 saturated heterocycles. The van der Waals surface area contributed by atoms with Gasteiger partial charge in [0.25, 0.3) is 0 Å². The fourth-order valence-electron chi connectivity index (χ4n) is 5.03. The fraction of sp³-hybridized carbons (Fsp3) is 0.538. The number of halogens is 1. The zero-order valence-corrected chi connectivity index (χ0v) is 20.2. The van der Waals surface area contributed by atoms with Gasteiger partial charge in [-0.1, -0.05) is 74.0 Å². The summed E-state index contributed by atoms with van der Waals surface area (Å²) in [6.07, 6.45) is 1.45. The summed E-state index contributed by atoms with van der Waals surface area (Å²) in [5, 5.41) is 0. The van der Waals surface area contributed by atoms with Gasteiger partial charge in [-0.15, -0.1) is 0 Å². The van der Waals surface area contributed by atoms with Crippen LogP contribution in [0.1, 0.15) is 62.3 Å². The van der Waals surface area contributed by atoms with E-state index in [0.29, 0.717) is 18.4 Å². The third kappa shape index (κ3) is 4.95. The molecule has 29 heavy (non-hydrogen) atoms. The lowest BCUT2D eigenvalue weighted by Gasteiger charge is -2.47. The first-order valence-electron chi connectivity index (χ1n) is 10.9. The summed E-state index contributed by atoms with van der Waals surface area (Å²) in [4.78, 5) is 0. The second-order valence-electron chi connectivity index (χ2n) is 8.77. The van der Waals surface area contributed by atoms with Crippen molar-refractivity contribution in [2.45, 2.75) is 78.8 Å². The van der Waals surface area contributed by atoms with Crippen molar-refractivity contribution in [3.8, 4) is 0 Å². The maximum absolute atomic E-state index is 6.74. The lowest BCUT2D eigenvalue weighted by atomic mass is 9.75. The molecule has 1 fully saturated rings. The molecule has 0 radical (unpaired) electrons. The first kappa shape index (κ1) is 22.5. The van der Waals surface area contributed by atoms with Crippen LogP contribution in [0, 0.1) is 25.7 Å². The maximum atomic E-state index is 6.74. The summed E-state index contributed by atoms with van der Waals surface area (Å²) in [6.45, 7) is 14.2.